The molecule has 0 radical (unpaired) electrons. The van der Waals surface area contributed by atoms with E-state index in [0.717, 1.165) is 40.5 Å². The van der Waals surface area contributed by atoms with Crippen molar-refractivity contribution in [3.05, 3.63) is 53.3 Å². The number of alkyl halides is 2. The second kappa shape index (κ2) is 12.3. The topological polar surface area (TPSA) is 18.5 Å². The van der Waals surface area contributed by atoms with E-state index in [0.29, 0.717) is 25.0 Å². The summed E-state index contributed by atoms with van der Waals surface area (Å²) in [7, 11) is 0. The number of hydrogen-bond acceptors (Lipinski definition) is 2. The van der Waals surface area contributed by atoms with Crippen LogP contribution in [-0.4, -0.2) is 25.0 Å². The zero-order valence-electron chi connectivity index (χ0n) is 17.9. The van der Waals surface area contributed by atoms with E-state index in [2.05, 4.69) is 116 Å². The predicted octanol–water partition coefficient (Wildman–Crippen LogP) is 9.57. The monoisotopic (exact) mass is 720 g/mol. The van der Waals surface area contributed by atoms with Crippen molar-refractivity contribution in [3.63, 3.8) is 0 Å². The first kappa shape index (κ1) is 27.8. The van der Waals surface area contributed by atoms with Crippen LogP contribution in [0.2, 0.25) is 0 Å². The Hall–Kier alpha value is 0.540. The zero-order valence-corrected chi connectivity index (χ0v) is 25.7. The molecule has 0 spiro atoms. The van der Waals surface area contributed by atoms with Gasteiger partial charge in [0.1, 0.15) is 11.5 Å². The normalized spacial score (nSPS) is 13.7. The van der Waals surface area contributed by atoms with Crippen LogP contribution in [0.25, 0.3) is 0 Å². The largest absolute Gasteiger partial charge is 0.491 e. The van der Waals surface area contributed by atoms with Crippen LogP contribution in [-0.2, 0) is 5.41 Å². The molecule has 2 aromatic rings. The van der Waals surface area contributed by atoms with Gasteiger partial charge in [0, 0.05) is 29.0 Å². The Kier molecular flexibility index (Phi) is 11.0. The molecule has 0 bridgehead atoms. The average molecular weight is 725 g/mol. The lowest BCUT2D eigenvalue weighted by Crippen LogP contribution is -2.20. The molecule has 172 valence electrons. The van der Waals surface area contributed by atoms with E-state index in [4.69, 9.17) is 32.7 Å². The summed E-state index contributed by atoms with van der Waals surface area (Å²) in [6.07, 6.45) is 0. The van der Waals surface area contributed by atoms with Gasteiger partial charge in [-0.25, -0.2) is 0 Å². The molecular weight excluding hydrogens is 699 g/mol. The third-order valence-corrected chi connectivity index (χ3v) is 8.40. The van der Waals surface area contributed by atoms with E-state index in [1.54, 1.807) is 0 Å². The first-order valence-corrected chi connectivity index (χ1v) is 14.1. The van der Waals surface area contributed by atoms with Crippen LogP contribution in [0.1, 0.15) is 38.8 Å². The fourth-order valence-electron chi connectivity index (χ4n) is 2.82. The molecule has 0 aliphatic rings. The second-order valence-corrected chi connectivity index (χ2v) is 12.3. The maximum atomic E-state index is 5.98. The van der Waals surface area contributed by atoms with Gasteiger partial charge < -0.3 is 9.47 Å². The fraction of sp³-hybridized carbons (Fsp3) is 0.478. The van der Waals surface area contributed by atoms with Gasteiger partial charge in [0.25, 0.3) is 0 Å². The first-order valence-electron chi connectivity index (χ1n) is 9.87. The molecule has 0 saturated carbocycles. The second-order valence-electron chi connectivity index (χ2n) is 8.30. The summed E-state index contributed by atoms with van der Waals surface area (Å²) in [5.41, 5.74) is 2.03. The smallest absolute Gasteiger partial charge is 0.147 e. The van der Waals surface area contributed by atoms with Crippen LogP contribution in [0.4, 0.5) is 0 Å². The van der Waals surface area contributed by atoms with Crippen LogP contribution in [0.3, 0.4) is 0 Å². The van der Waals surface area contributed by atoms with Gasteiger partial charge in [-0.2, -0.15) is 0 Å². The number of hydrogen-bond donors (Lipinski definition) is 0. The van der Waals surface area contributed by atoms with E-state index < -0.39 is 0 Å². The first-order chi connectivity index (χ1) is 14.5. The Labute approximate surface area is 229 Å². The van der Waals surface area contributed by atoms with Crippen LogP contribution >= 0.6 is 86.9 Å². The van der Waals surface area contributed by atoms with Crippen LogP contribution in [0.5, 0.6) is 11.5 Å². The molecule has 0 fully saturated rings. The van der Waals surface area contributed by atoms with Crippen molar-refractivity contribution in [3.8, 4) is 11.5 Å². The highest BCUT2D eigenvalue weighted by atomic mass is 79.9. The lowest BCUT2D eigenvalue weighted by atomic mass is 9.78. The Morgan fingerprint density at radius 3 is 1.26 bits per heavy atom. The van der Waals surface area contributed by atoms with Crippen molar-refractivity contribution in [1.29, 1.82) is 0 Å². The van der Waals surface area contributed by atoms with Crippen molar-refractivity contribution in [1.82, 2.24) is 0 Å². The van der Waals surface area contributed by atoms with Gasteiger partial charge in [-0.3, -0.25) is 0 Å². The van der Waals surface area contributed by atoms with Gasteiger partial charge in [0.05, 0.1) is 31.1 Å². The quantitative estimate of drug-likeness (QED) is 0.228. The molecule has 8 heteroatoms. The van der Waals surface area contributed by atoms with Gasteiger partial charge in [-0.05, 0) is 99.1 Å². The molecule has 0 saturated heterocycles. The Bertz CT molecular complexity index is 788. The summed E-state index contributed by atoms with van der Waals surface area (Å²) in [5.74, 6) is 3.26. The predicted molar refractivity (Wildman–Crippen MR) is 147 cm³/mol. The van der Waals surface area contributed by atoms with Crippen molar-refractivity contribution in [2.75, 3.05) is 25.0 Å². The minimum Gasteiger partial charge on any atom is -0.491 e. The summed E-state index contributed by atoms with van der Waals surface area (Å²) in [4.78, 5) is 0. The highest BCUT2D eigenvalue weighted by Gasteiger charge is 2.27. The number of halogens is 6. The van der Waals surface area contributed by atoms with Gasteiger partial charge in [0.2, 0.25) is 0 Å². The molecule has 2 atom stereocenters. The Balaban J connectivity index is 2.34. The molecular formula is C23H26Br4Cl2O2. The van der Waals surface area contributed by atoms with Gasteiger partial charge in [-0.15, -0.1) is 23.2 Å². The van der Waals surface area contributed by atoms with Crippen molar-refractivity contribution < 1.29 is 9.47 Å². The van der Waals surface area contributed by atoms with E-state index in [1.165, 1.54) is 0 Å². The molecule has 2 rings (SSSR count). The highest BCUT2D eigenvalue weighted by molar-refractivity contribution is 9.11. The molecule has 0 amide bonds. The molecule has 2 unspecified atom stereocenters. The maximum absolute atomic E-state index is 5.98. The Morgan fingerprint density at radius 1 is 0.710 bits per heavy atom. The average Bonchev–Trinajstić information content (AvgIpc) is 2.71. The van der Waals surface area contributed by atoms with Crippen molar-refractivity contribution in [2.24, 2.45) is 11.8 Å². The molecule has 31 heavy (non-hydrogen) atoms. The molecule has 2 nitrogen and oxygen atoms in total. The van der Waals surface area contributed by atoms with Gasteiger partial charge in [-0.1, -0.05) is 27.7 Å². The van der Waals surface area contributed by atoms with E-state index >= 15 is 0 Å². The minimum atomic E-state index is -0.264. The molecule has 0 aliphatic carbocycles. The van der Waals surface area contributed by atoms with E-state index in [-0.39, 0.29) is 17.3 Å². The van der Waals surface area contributed by atoms with E-state index in [9.17, 15) is 0 Å². The van der Waals surface area contributed by atoms with E-state index in [1.807, 2.05) is 0 Å². The highest BCUT2D eigenvalue weighted by Crippen LogP contribution is 2.44. The molecule has 2 aromatic carbocycles. The third-order valence-electron chi connectivity index (χ3n) is 4.99. The molecule has 0 N–H and O–H groups in total. The number of ether oxygens (including phenoxy) is 2. The summed E-state index contributed by atoms with van der Waals surface area (Å²) in [6, 6.07) is 8.44. The van der Waals surface area contributed by atoms with Crippen LogP contribution in [0, 0.1) is 11.8 Å². The number of benzene rings is 2. The standard InChI is InChI=1S/C23H26Br4Cl2O2/c1-13(9-28)11-30-21-17(24)5-15(6-18(21)25)23(3,4)16-7-19(26)22(20(27)8-16)31-12-14(2)10-29/h5-8,13-14H,9-12H2,1-4H3. The van der Waals surface area contributed by atoms with Crippen molar-refractivity contribution in [2.45, 2.75) is 33.1 Å². The zero-order chi connectivity index (χ0) is 23.3. The minimum absolute atomic E-state index is 0.264. The van der Waals surface area contributed by atoms with Crippen molar-refractivity contribution >= 4 is 86.9 Å². The summed E-state index contributed by atoms with van der Waals surface area (Å²) in [6.45, 7) is 9.64. The summed E-state index contributed by atoms with van der Waals surface area (Å²) < 4.78 is 15.6. The third kappa shape index (κ3) is 7.26. The molecule has 0 heterocycles. The maximum Gasteiger partial charge on any atom is 0.147 e. The Morgan fingerprint density at radius 2 is 1.00 bits per heavy atom. The summed E-state index contributed by atoms with van der Waals surface area (Å²) in [5, 5.41) is 0. The summed E-state index contributed by atoms with van der Waals surface area (Å²) >= 11 is 26.5. The van der Waals surface area contributed by atoms with Crippen LogP contribution in [0.15, 0.2) is 42.2 Å². The van der Waals surface area contributed by atoms with Gasteiger partial charge in [0.15, 0.2) is 0 Å². The van der Waals surface area contributed by atoms with Crippen LogP contribution < -0.4 is 9.47 Å². The fourth-order valence-corrected chi connectivity index (χ4v) is 5.83. The lowest BCUT2D eigenvalue weighted by Gasteiger charge is -2.28. The number of rotatable bonds is 10. The molecule has 0 aliphatic heterocycles. The SMILES string of the molecule is CC(CCl)COc1c(Br)cc(C(C)(C)c2cc(Br)c(OCC(C)CCl)c(Br)c2)cc1Br. The lowest BCUT2D eigenvalue weighted by molar-refractivity contribution is 0.269. The molecule has 0 aromatic heterocycles. The van der Waals surface area contributed by atoms with Gasteiger partial charge >= 0.3 is 0 Å².